The Morgan fingerprint density at radius 1 is 1.24 bits per heavy atom. The highest BCUT2D eigenvalue weighted by molar-refractivity contribution is 5.88. The van der Waals surface area contributed by atoms with E-state index in [9.17, 15) is 4.79 Å². The maximum atomic E-state index is 12.3. The van der Waals surface area contributed by atoms with Gasteiger partial charge in [-0.2, -0.15) is 0 Å². The maximum Gasteiger partial charge on any atom is 0.246 e. The lowest BCUT2D eigenvalue weighted by Crippen LogP contribution is -2.49. The summed E-state index contributed by atoms with van der Waals surface area (Å²) < 4.78 is 0. The number of nitrogens with two attached hydrogens (primary N) is 1. The van der Waals surface area contributed by atoms with Gasteiger partial charge in [0.15, 0.2) is 0 Å². The van der Waals surface area contributed by atoms with Crippen molar-refractivity contribution in [2.75, 3.05) is 13.6 Å². The SMILES string of the molecule is CN1CC[C@@]2(C)C(=CC1=O)CC[C@@H]1[C@@H]2CC[C@]2(C)C(N=CN)=CC[C@@H]12. The number of aliphatic imine (C=N–C) groups is 1. The highest BCUT2D eigenvalue weighted by Gasteiger charge is 2.57. The van der Waals surface area contributed by atoms with E-state index in [0.29, 0.717) is 11.8 Å². The van der Waals surface area contributed by atoms with Crippen LogP contribution in [0.3, 0.4) is 0 Å². The maximum absolute atomic E-state index is 12.3. The molecule has 3 aliphatic carbocycles. The summed E-state index contributed by atoms with van der Waals surface area (Å²) in [5.41, 5.74) is 8.59. The largest absolute Gasteiger partial charge is 0.390 e. The van der Waals surface area contributed by atoms with E-state index in [1.165, 1.54) is 36.9 Å². The first-order valence-corrected chi connectivity index (χ1v) is 9.81. The van der Waals surface area contributed by atoms with Crippen molar-refractivity contribution in [1.29, 1.82) is 0 Å². The summed E-state index contributed by atoms with van der Waals surface area (Å²) in [7, 11) is 1.94. The number of allylic oxidation sites excluding steroid dienone is 3. The predicted molar refractivity (Wildman–Crippen MR) is 101 cm³/mol. The van der Waals surface area contributed by atoms with Gasteiger partial charge in [0.25, 0.3) is 0 Å². The average molecular weight is 341 g/mol. The van der Waals surface area contributed by atoms with Crippen molar-refractivity contribution < 1.29 is 4.79 Å². The van der Waals surface area contributed by atoms with E-state index >= 15 is 0 Å². The lowest BCUT2D eigenvalue weighted by Gasteiger charge is -2.56. The molecule has 4 nitrogen and oxygen atoms in total. The molecule has 1 heterocycles. The Labute approximate surface area is 151 Å². The van der Waals surface area contributed by atoms with Crippen molar-refractivity contribution in [3.8, 4) is 0 Å². The van der Waals surface area contributed by atoms with Crippen molar-refractivity contribution in [3.05, 3.63) is 23.4 Å². The van der Waals surface area contributed by atoms with Crippen LogP contribution in [0.2, 0.25) is 0 Å². The fraction of sp³-hybridized carbons (Fsp3) is 0.714. The molecule has 0 aromatic carbocycles. The molecule has 2 N–H and O–H groups in total. The monoisotopic (exact) mass is 341 g/mol. The van der Waals surface area contributed by atoms with Gasteiger partial charge in [-0.05, 0) is 61.7 Å². The van der Waals surface area contributed by atoms with Gasteiger partial charge in [-0.25, -0.2) is 4.99 Å². The molecule has 0 spiro atoms. The lowest BCUT2D eigenvalue weighted by molar-refractivity contribution is -0.124. The number of nitrogens with zero attached hydrogens (tertiary/aromatic N) is 2. The Morgan fingerprint density at radius 3 is 2.80 bits per heavy atom. The number of rotatable bonds is 1. The fourth-order valence-electron chi connectivity index (χ4n) is 6.50. The fourth-order valence-corrected chi connectivity index (χ4v) is 6.50. The van der Waals surface area contributed by atoms with Crippen LogP contribution in [0, 0.1) is 28.6 Å². The normalized spacial score (nSPS) is 43.9. The second kappa shape index (κ2) is 5.72. The van der Waals surface area contributed by atoms with Gasteiger partial charge < -0.3 is 10.6 Å². The number of fused-ring (bicyclic) bond motifs is 5. The molecule has 2 saturated carbocycles. The first-order valence-electron chi connectivity index (χ1n) is 9.81. The molecule has 1 aliphatic heterocycles. The average Bonchev–Trinajstić information content (AvgIpc) is 2.86. The van der Waals surface area contributed by atoms with Crippen molar-refractivity contribution in [2.45, 2.75) is 52.4 Å². The van der Waals surface area contributed by atoms with Crippen LogP contribution < -0.4 is 5.73 Å². The van der Waals surface area contributed by atoms with Gasteiger partial charge in [0, 0.05) is 30.8 Å². The number of likely N-dealkylation sites (N-methyl/N-ethyl adjacent to an activating group) is 1. The van der Waals surface area contributed by atoms with Crippen LogP contribution in [0.1, 0.15) is 52.4 Å². The third-order valence-corrected chi connectivity index (χ3v) is 8.13. The van der Waals surface area contributed by atoms with Crippen LogP contribution in [-0.2, 0) is 4.79 Å². The molecular weight excluding hydrogens is 310 g/mol. The highest BCUT2D eigenvalue weighted by Crippen LogP contribution is 2.64. The summed E-state index contributed by atoms with van der Waals surface area (Å²) in [5, 5.41) is 0. The summed E-state index contributed by atoms with van der Waals surface area (Å²) in [4.78, 5) is 18.7. The number of hydrogen-bond acceptors (Lipinski definition) is 2. The van der Waals surface area contributed by atoms with E-state index in [1.807, 2.05) is 18.0 Å². The third kappa shape index (κ3) is 2.32. The Hall–Kier alpha value is -1.58. The van der Waals surface area contributed by atoms with Crippen LogP contribution >= 0.6 is 0 Å². The molecule has 0 bridgehead atoms. The molecule has 4 aliphatic rings. The van der Waals surface area contributed by atoms with E-state index < -0.39 is 0 Å². The standard InChI is InChI=1S/C21H31N3O/c1-20-10-11-24(3)19(25)12-14(20)4-5-15-16-6-7-18(23-13-22)21(16,2)9-8-17(15)20/h7,12-13,15-17H,4-6,8-11H2,1-3H3,(H2,22,23)/t15-,16-,17-,20-,21-/m0/s1. The molecule has 0 aromatic rings. The molecule has 0 unspecified atom stereocenters. The minimum Gasteiger partial charge on any atom is -0.390 e. The highest BCUT2D eigenvalue weighted by atomic mass is 16.2. The van der Waals surface area contributed by atoms with E-state index in [0.717, 1.165) is 31.7 Å². The Bertz CT molecular complexity index is 679. The number of amides is 1. The summed E-state index contributed by atoms with van der Waals surface area (Å²) in [6.07, 6.45) is 12.7. The second-order valence-electron chi connectivity index (χ2n) is 9.07. The molecule has 0 aromatic heterocycles. The quantitative estimate of drug-likeness (QED) is 0.586. The van der Waals surface area contributed by atoms with Crippen molar-refractivity contribution in [1.82, 2.24) is 4.90 Å². The minimum atomic E-state index is 0.185. The van der Waals surface area contributed by atoms with E-state index in [2.05, 4.69) is 24.9 Å². The molecule has 5 atom stereocenters. The molecule has 136 valence electrons. The summed E-state index contributed by atoms with van der Waals surface area (Å²) in [6, 6.07) is 0. The molecular formula is C21H31N3O. The summed E-state index contributed by atoms with van der Waals surface area (Å²) in [5.74, 6) is 2.31. The summed E-state index contributed by atoms with van der Waals surface area (Å²) in [6.45, 7) is 5.71. The van der Waals surface area contributed by atoms with Crippen LogP contribution in [0.25, 0.3) is 0 Å². The summed E-state index contributed by atoms with van der Waals surface area (Å²) >= 11 is 0. The number of carbonyl (C=O) groups excluding carboxylic acids is 1. The van der Waals surface area contributed by atoms with Crippen LogP contribution in [0.5, 0.6) is 0 Å². The van der Waals surface area contributed by atoms with Crippen LogP contribution in [0.4, 0.5) is 0 Å². The molecule has 1 amide bonds. The van der Waals surface area contributed by atoms with Crippen molar-refractivity contribution in [2.24, 2.45) is 39.3 Å². The third-order valence-electron chi connectivity index (χ3n) is 8.13. The second-order valence-corrected chi connectivity index (χ2v) is 9.07. The Kier molecular flexibility index (Phi) is 3.86. The van der Waals surface area contributed by atoms with Crippen LogP contribution in [-0.4, -0.2) is 30.7 Å². The first kappa shape index (κ1) is 16.9. The molecule has 4 rings (SSSR count). The van der Waals surface area contributed by atoms with E-state index in [4.69, 9.17) is 5.73 Å². The molecule has 0 radical (unpaired) electrons. The van der Waals surface area contributed by atoms with Gasteiger partial charge in [0.05, 0.1) is 6.34 Å². The Morgan fingerprint density at radius 2 is 2.04 bits per heavy atom. The van der Waals surface area contributed by atoms with Gasteiger partial charge in [-0.1, -0.05) is 25.5 Å². The zero-order valence-electron chi connectivity index (χ0n) is 15.8. The molecule has 0 saturated heterocycles. The molecule has 25 heavy (non-hydrogen) atoms. The molecule has 4 heteroatoms. The van der Waals surface area contributed by atoms with Gasteiger partial charge >= 0.3 is 0 Å². The topological polar surface area (TPSA) is 58.7 Å². The van der Waals surface area contributed by atoms with Gasteiger partial charge in [-0.3, -0.25) is 4.79 Å². The Balaban J connectivity index is 1.66. The lowest BCUT2D eigenvalue weighted by atomic mass is 9.48. The minimum absolute atomic E-state index is 0.185. The van der Waals surface area contributed by atoms with Crippen molar-refractivity contribution >= 4 is 12.2 Å². The van der Waals surface area contributed by atoms with Crippen molar-refractivity contribution in [3.63, 3.8) is 0 Å². The smallest absolute Gasteiger partial charge is 0.246 e. The van der Waals surface area contributed by atoms with Crippen LogP contribution in [0.15, 0.2) is 28.4 Å². The first-order chi connectivity index (χ1) is 11.9. The number of carbonyl (C=O) groups is 1. The zero-order valence-corrected chi connectivity index (χ0v) is 15.8. The van der Waals surface area contributed by atoms with Gasteiger partial charge in [0.1, 0.15) is 0 Å². The van der Waals surface area contributed by atoms with E-state index in [1.54, 1.807) is 0 Å². The predicted octanol–water partition coefficient (Wildman–Crippen LogP) is 3.50. The van der Waals surface area contributed by atoms with E-state index in [-0.39, 0.29) is 16.7 Å². The van der Waals surface area contributed by atoms with Gasteiger partial charge in [0.2, 0.25) is 5.91 Å². The zero-order chi connectivity index (χ0) is 17.8. The van der Waals surface area contributed by atoms with Gasteiger partial charge in [-0.15, -0.1) is 0 Å². The molecule has 2 fully saturated rings. The number of hydrogen-bond donors (Lipinski definition) is 1.